The van der Waals surface area contributed by atoms with Gasteiger partial charge >= 0.3 is 12.1 Å². The number of aliphatic imine (C=N–C) groups is 1. The predicted molar refractivity (Wildman–Crippen MR) is 128 cm³/mol. The van der Waals surface area contributed by atoms with Gasteiger partial charge in [0.25, 0.3) is 0 Å². The molecule has 36 heavy (non-hydrogen) atoms. The van der Waals surface area contributed by atoms with E-state index in [0.29, 0.717) is 5.71 Å². The van der Waals surface area contributed by atoms with Crippen LogP contribution >= 0.6 is 0 Å². The zero-order valence-corrected chi connectivity index (χ0v) is 20.4. The minimum atomic E-state index is -4.75. The maximum atomic E-state index is 13.1. The number of benzene rings is 1. The Labute approximate surface area is 207 Å². The maximum Gasteiger partial charge on any atom is 0.451 e. The van der Waals surface area contributed by atoms with Gasteiger partial charge in [-0.25, -0.2) is 9.98 Å². The highest BCUT2D eigenvalue weighted by molar-refractivity contribution is 6.09. The molecule has 1 atom stereocenters. The zero-order valence-electron chi connectivity index (χ0n) is 20.4. The van der Waals surface area contributed by atoms with Crippen LogP contribution in [0.15, 0.2) is 23.2 Å². The fourth-order valence-electron chi connectivity index (χ4n) is 6.09. The third-order valence-electron chi connectivity index (χ3n) is 8.19. The van der Waals surface area contributed by atoms with Crippen molar-refractivity contribution in [3.8, 4) is 5.88 Å². The predicted octanol–water partition coefficient (Wildman–Crippen LogP) is 5.46. The topological polar surface area (TPSA) is 111 Å². The summed E-state index contributed by atoms with van der Waals surface area (Å²) in [6.45, 7) is 5.27. The molecule has 3 aliphatic rings. The van der Waals surface area contributed by atoms with E-state index in [1.54, 1.807) is 20.8 Å². The highest BCUT2D eigenvalue weighted by Gasteiger charge is 2.44. The molecule has 1 fully saturated rings. The second kappa shape index (κ2) is 8.18. The molecule has 1 unspecified atom stereocenters. The number of fused-ring (bicyclic) bond motifs is 3. The molecule has 1 spiro atoms. The van der Waals surface area contributed by atoms with Gasteiger partial charge in [-0.05, 0) is 80.9 Å². The Morgan fingerprint density at radius 3 is 2.53 bits per heavy atom. The maximum absolute atomic E-state index is 13.1. The minimum Gasteiger partial charge on any atom is -0.481 e. The zero-order chi connectivity index (χ0) is 26.0. The number of nitrogen functional groups attached to an aromatic ring is 1. The summed E-state index contributed by atoms with van der Waals surface area (Å²) in [4.78, 5) is 22.9. The van der Waals surface area contributed by atoms with Crippen molar-refractivity contribution in [3.05, 3.63) is 40.7 Å². The van der Waals surface area contributed by atoms with Crippen LogP contribution < -0.4 is 10.5 Å². The monoisotopic (exact) mass is 502 g/mol. The van der Waals surface area contributed by atoms with Crippen LogP contribution in [0.1, 0.15) is 75.4 Å². The molecule has 1 saturated carbocycles. The van der Waals surface area contributed by atoms with Gasteiger partial charge in [0.1, 0.15) is 5.60 Å². The molecular formula is C26H29F3N4O3. The number of carboxylic acids is 1. The number of halogens is 3. The lowest BCUT2D eigenvalue weighted by molar-refractivity contribution is -0.145. The first kappa shape index (κ1) is 24.5. The smallest absolute Gasteiger partial charge is 0.451 e. The first-order valence-corrected chi connectivity index (χ1v) is 12.2. The molecule has 2 aromatic rings. The second-order valence-corrected chi connectivity index (χ2v) is 10.8. The van der Waals surface area contributed by atoms with E-state index in [1.165, 1.54) is 11.1 Å². The van der Waals surface area contributed by atoms with Crippen LogP contribution in [0.3, 0.4) is 0 Å². The summed E-state index contributed by atoms with van der Waals surface area (Å²) < 4.78 is 45.3. The number of anilines is 1. The number of hydrogen-bond donors (Lipinski definition) is 2. The average molecular weight is 503 g/mol. The molecule has 7 nitrogen and oxygen atoms in total. The van der Waals surface area contributed by atoms with Crippen LogP contribution in [-0.2, 0) is 22.8 Å². The van der Waals surface area contributed by atoms with Gasteiger partial charge in [-0.15, -0.1) is 0 Å². The molecule has 192 valence electrons. The van der Waals surface area contributed by atoms with Gasteiger partial charge in [0, 0.05) is 5.56 Å². The van der Waals surface area contributed by atoms with Crippen LogP contribution in [-0.4, -0.2) is 32.4 Å². The Morgan fingerprint density at radius 2 is 1.89 bits per heavy atom. The fourth-order valence-corrected chi connectivity index (χ4v) is 6.09. The van der Waals surface area contributed by atoms with E-state index in [1.807, 2.05) is 6.07 Å². The van der Waals surface area contributed by atoms with Gasteiger partial charge in [0.15, 0.2) is 11.5 Å². The summed E-state index contributed by atoms with van der Waals surface area (Å²) in [5.74, 6) is -2.87. The average Bonchev–Trinajstić information content (AvgIpc) is 3.14. The van der Waals surface area contributed by atoms with Gasteiger partial charge in [0.05, 0.1) is 11.6 Å². The third kappa shape index (κ3) is 4.00. The summed E-state index contributed by atoms with van der Waals surface area (Å²) in [6, 6.07) is 6.19. The number of alkyl halides is 3. The Balaban J connectivity index is 1.46. The van der Waals surface area contributed by atoms with Crippen molar-refractivity contribution in [2.45, 2.75) is 76.5 Å². The summed E-state index contributed by atoms with van der Waals surface area (Å²) in [7, 11) is 0. The van der Waals surface area contributed by atoms with Crippen molar-refractivity contribution in [1.29, 1.82) is 0 Å². The Morgan fingerprint density at radius 1 is 1.19 bits per heavy atom. The van der Waals surface area contributed by atoms with Crippen molar-refractivity contribution >= 4 is 23.2 Å². The van der Waals surface area contributed by atoms with E-state index in [2.05, 4.69) is 27.1 Å². The largest absolute Gasteiger partial charge is 0.481 e. The molecule has 2 aliphatic carbocycles. The normalized spacial score (nSPS) is 25.5. The molecule has 0 saturated heterocycles. The lowest BCUT2D eigenvalue weighted by Crippen LogP contribution is -2.41. The second-order valence-electron chi connectivity index (χ2n) is 10.8. The summed E-state index contributed by atoms with van der Waals surface area (Å²) in [6.07, 6.45) is 0.932. The fraction of sp³-hybridized carbons (Fsp3) is 0.538. The van der Waals surface area contributed by atoms with E-state index in [4.69, 9.17) is 10.5 Å². The number of rotatable bonds is 3. The molecular weight excluding hydrogens is 473 g/mol. The number of hydrogen-bond acceptors (Lipinski definition) is 6. The Kier molecular flexibility index (Phi) is 5.57. The van der Waals surface area contributed by atoms with E-state index in [0.717, 1.165) is 44.1 Å². The standard InChI is InChI=1S/C26H29F3N4O3/c1-13(22(34)35)14-6-9-25(10-7-14)11-8-15-12-16(4-5-17(15)25)19-24(2,3)36-21-18(31-19)20(30)32-23(33-21)26(27,28)29/h4-5,12-14H,6-11H2,1-3H3,(H,34,35)(H2,30,32,33). The number of ether oxygens (including phenoxy) is 1. The first-order chi connectivity index (χ1) is 16.8. The minimum absolute atomic E-state index is 0.000154. The van der Waals surface area contributed by atoms with Gasteiger partial charge in [-0.3, -0.25) is 4.79 Å². The molecule has 3 N–H and O–H groups in total. The van der Waals surface area contributed by atoms with Gasteiger partial charge in [-0.2, -0.15) is 18.2 Å². The molecule has 5 rings (SSSR count). The van der Waals surface area contributed by atoms with Gasteiger partial charge in [0.2, 0.25) is 11.7 Å². The highest BCUT2D eigenvalue weighted by Crippen LogP contribution is 2.51. The molecule has 0 bridgehead atoms. The highest BCUT2D eigenvalue weighted by atomic mass is 19.4. The number of aliphatic carboxylic acids is 1. The molecule has 1 aliphatic heterocycles. The summed E-state index contributed by atoms with van der Waals surface area (Å²) >= 11 is 0. The van der Waals surface area contributed by atoms with E-state index in [9.17, 15) is 23.1 Å². The van der Waals surface area contributed by atoms with Crippen LogP contribution in [0.5, 0.6) is 5.88 Å². The Hall–Kier alpha value is -3.17. The van der Waals surface area contributed by atoms with E-state index >= 15 is 0 Å². The third-order valence-corrected chi connectivity index (χ3v) is 8.19. The number of aromatic nitrogens is 2. The molecule has 0 amide bonds. The van der Waals surface area contributed by atoms with E-state index in [-0.39, 0.29) is 34.6 Å². The molecule has 1 aromatic carbocycles. The number of nitrogens with zero attached hydrogens (tertiary/aromatic N) is 3. The molecule has 1 aromatic heterocycles. The number of aryl methyl sites for hydroxylation is 1. The Bertz CT molecular complexity index is 1260. The lowest BCUT2D eigenvalue weighted by Gasteiger charge is -2.39. The summed E-state index contributed by atoms with van der Waals surface area (Å²) in [5, 5.41) is 9.39. The van der Waals surface area contributed by atoms with Gasteiger partial charge in [-0.1, -0.05) is 19.1 Å². The molecule has 2 heterocycles. The van der Waals surface area contributed by atoms with Gasteiger partial charge < -0.3 is 15.6 Å². The van der Waals surface area contributed by atoms with Crippen LogP contribution in [0, 0.1) is 11.8 Å². The summed E-state index contributed by atoms with van der Waals surface area (Å²) in [5.41, 5.74) is 8.75. The lowest BCUT2D eigenvalue weighted by atomic mass is 9.65. The van der Waals surface area contributed by atoms with E-state index < -0.39 is 23.6 Å². The number of nitrogens with two attached hydrogens (primary N) is 1. The van der Waals surface area contributed by atoms with Crippen molar-refractivity contribution in [1.82, 2.24) is 9.97 Å². The quantitative estimate of drug-likeness (QED) is 0.576. The van der Waals surface area contributed by atoms with Crippen LogP contribution in [0.25, 0.3) is 0 Å². The van der Waals surface area contributed by atoms with Crippen LogP contribution in [0.4, 0.5) is 24.7 Å². The van der Waals surface area contributed by atoms with Crippen LogP contribution in [0.2, 0.25) is 0 Å². The van der Waals surface area contributed by atoms with Crippen molar-refractivity contribution < 1.29 is 27.8 Å². The van der Waals surface area contributed by atoms with Crippen molar-refractivity contribution in [2.24, 2.45) is 16.8 Å². The molecule has 0 radical (unpaired) electrons. The van der Waals surface area contributed by atoms with Crippen molar-refractivity contribution in [3.63, 3.8) is 0 Å². The first-order valence-electron chi connectivity index (χ1n) is 12.2. The number of carbonyl (C=O) groups is 1. The van der Waals surface area contributed by atoms with Crippen molar-refractivity contribution in [2.75, 3.05) is 5.73 Å². The molecule has 10 heteroatoms. The number of carboxylic acid groups (broad SMARTS) is 1. The SMILES string of the molecule is CC(C(=O)O)C1CCC2(CCc3cc(C4=Nc5c(N)nc(C(F)(F)F)nc5OC4(C)C)ccc32)CC1.